The molecule has 2 aromatic rings. The summed E-state index contributed by atoms with van der Waals surface area (Å²) in [7, 11) is -4.25. The van der Waals surface area contributed by atoms with Crippen molar-refractivity contribution in [3.63, 3.8) is 0 Å². The van der Waals surface area contributed by atoms with Gasteiger partial charge in [0.15, 0.2) is 0 Å². The lowest BCUT2D eigenvalue weighted by Gasteiger charge is -2.34. The van der Waals surface area contributed by atoms with E-state index >= 15 is 0 Å². The molecule has 0 spiro atoms. The van der Waals surface area contributed by atoms with Crippen LogP contribution in [-0.4, -0.2) is 73.0 Å². The van der Waals surface area contributed by atoms with Gasteiger partial charge in [-0.25, -0.2) is 14.2 Å². The summed E-state index contributed by atoms with van der Waals surface area (Å²) in [6.07, 6.45) is -3.99. The second kappa shape index (κ2) is 10.7. The summed E-state index contributed by atoms with van der Waals surface area (Å²) in [5.74, 6) is 0. The van der Waals surface area contributed by atoms with Crippen molar-refractivity contribution in [3.8, 4) is 0 Å². The maximum atomic E-state index is 13.5. The molecule has 0 amide bonds. The standard InChI is InChI=1S/C22H29N4O12P/c1-10-7-25(21(31)23-19(10)29)16-5-12(28)18(36-16)13-3-4-34-39(33,37-13)38-14-6-17(35-15(14)9-27)26-8-11(2)20(30)24-22(26)32/h7-8,12-18,27-28H,3-6,9H2,1-2H3,(H,23,29,31)(H,24,30,32)/t12-,13+,14-,15+,16+,17+,18-,39+/m0/s1. The summed E-state index contributed by atoms with van der Waals surface area (Å²) in [6, 6.07) is 0. The minimum Gasteiger partial charge on any atom is -0.394 e. The number of nitrogens with one attached hydrogen (secondary N) is 2. The van der Waals surface area contributed by atoms with Crippen molar-refractivity contribution in [1.29, 1.82) is 0 Å². The molecule has 0 saturated carbocycles. The monoisotopic (exact) mass is 572 g/mol. The first-order chi connectivity index (χ1) is 18.5. The van der Waals surface area contributed by atoms with Gasteiger partial charge in [0.05, 0.1) is 19.3 Å². The molecule has 4 N–H and O–H groups in total. The zero-order valence-electron chi connectivity index (χ0n) is 21.1. The van der Waals surface area contributed by atoms with Crippen molar-refractivity contribution < 1.29 is 37.8 Å². The lowest BCUT2D eigenvalue weighted by Crippen LogP contribution is -2.40. The number of ether oxygens (including phenoxy) is 2. The molecular formula is C22H29N4O12P. The van der Waals surface area contributed by atoms with Gasteiger partial charge in [0.25, 0.3) is 11.1 Å². The molecule has 16 nitrogen and oxygen atoms in total. The number of hydrogen-bond donors (Lipinski definition) is 4. The predicted molar refractivity (Wildman–Crippen MR) is 130 cm³/mol. The lowest BCUT2D eigenvalue weighted by molar-refractivity contribution is -0.107. The van der Waals surface area contributed by atoms with Crippen LogP contribution in [0, 0.1) is 13.8 Å². The van der Waals surface area contributed by atoms with Crippen molar-refractivity contribution in [1.82, 2.24) is 19.1 Å². The lowest BCUT2D eigenvalue weighted by atomic mass is 10.1. The van der Waals surface area contributed by atoms with E-state index in [1.54, 1.807) is 0 Å². The van der Waals surface area contributed by atoms with Gasteiger partial charge in [-0.2, -0.15) is 0 Å². The van der Waals surface area contributed by atoms with Crippen molar-refractivity contribution in [2.75, 3.05) is 13.2 Å². The van der Waals surface area contributed by atoms with E-state index in [0.717, 1.165) is 9.13 Å². The van der Waals surface area contributed by atoms with E-state index in [4.69, 9.17) is 23.0 Å². The summed E-state index contributed by atoms with van der Waals surface area (Å²) >= 11 is 0. The highest BCUT2D eigenvalue weighted by Gasteiger charge is 2.49. The molecule has 5 rings (SSSR count). The molecule has 3 saturated heterocycles. The highest BCUT2D eigenvalue weighted by Crippen LogP contribution is 2.57. The van der Waals surface area contributed by atoms with Crippen LogP contribution in [0.1, 0.15) is 42.8 Å². The van der Waals surface area contributed by atoms with Crippen LogP contribution in [0.4, 0.5) is 0 Å². The average Bonchev–Trinajstić information content (AvgIpc) is 3.46. The maximum Gasteiger partial charge on any atom is 0.475 e. The summed E-state index contributed by atoms with van der Waals surface area (Å²) < 4.78 is 44.1. The molecule has 8 atom stereocenters. The molecule has 17 heteroatoms. The van der Waals surface area contributed by atoms with Crippen LogP contribution >= 0.6 is 7.82 Å². The summed E-state index contributed by atoms with van der Waals surface area (Å²) in [4.78, 5) is 52.3. The molecule has 3 aliphatic heterocycles. The highest BCUT2D eigenvalue weighted by molar-refractivity contribution is 7.48. The second-order valence-corrected chi connectivity index (χ2v) is 11.3. The Morgan fingerprint density at radius 1 is 1.00 bits per heavy atom. The number of hydrogen-bond acceptors (Lipinski definition) is 12. The van der Waals surface area contributed by atoms with Gasteiger partial charge in [0, 0.05) is 42.8 Å². The highest BCUT2D eigenvalue weighted by atomic mass is 31.2. The third kappa shape index (κ3) is 5.51. The van der Waals surface area contributed by atoms with Gasteiger partial charge < -0.3 is 19.7 Å². The van der Waals surface area contributed by atoms with E-state index in [0.29, 0.717) is 0 Å². The van der Waals surface area contributed by atoms with E-state index in [-0.39, 0.29) is 37.0 Å². The first-order valence-corrected chi connectivity index (χ1v) is 13.8. The number of phosphoric ester groups is 1. The summed E-state index contributed by atoms with van der Waals surface area (Å²) in [6.45, 7) is 2.46. The number of aliphatic hydroxyl groups excluding tert-OH is 2. The first-order valence-electron chi connectivity index (χ1n) is 12.3. The van der Waals surface area contributed by atoms with Crippen LogP contribution in [0.15, 0.2) is 31.6 Å². The van der Waals surface area contributed by atoms with Crippen LogP contribution in [0.3, 0.4) is 0 Å². The molecular weight excluding hydrogens is 543 g/mol. The van der Waals surface area contributed by atoms with E-state index in [2.05, 4.69) is 9.97 Å². The Balaban J connectivity index is 1.29. The van der Waals surface area contributed by atoms with Crippen molar-refractivity contribution in [2.45, 2.75) is 76.1 Å². The molecule has 0 unspecified atom stereocenters. The van der Waals surface area contributed by atoms with Gasteiger partial charge in [-0.3, -0.25) is 42.3 Å². The number of rotatable bonds is 6. The third-order valence-corrected chi connectivity index (χ3v) is 8.51. The molecule has 0 bridgehead atoms. The molecule has 2 aromatic heterocycles. The van der Waals surface area contributed by atoms with E-state index < -0.39 is 79.9 Å². The second-order valence-electron chi connectivity index (χ2n) is 9.72. The normalized spacial score (nSPS) is 34.9. The van der Waals surface area contributed by atoms with E-state index in [1.165, 1.54) is 26.2 Å². The van der Waals surface area contributed by atoms with Crippen LogP contribution in [0.5, 0.6) is 0 Å². The fourth-order valence-electron chi connectivity index (χ4n) is 4.90. The number of aromatic nitrogens is 4. The third-order valence-electron chi connectivity index (χ3n) is 6.96. The quantitative estimate of drug-likeness (QED) is 0.305. The molecule has 214 valence electrons. The Labute approximate surface area is 219 Å². The summed E-state index contributed by atoms with van der Waals surface area (Å²) in [5, 5.41) is 20.5. The zero-order chi connectivity index (χ0) is 28.1. The SMILES string of the molecule is Cc1cn([C@H]2C[C@H](O)[C@@H]([C@H]3CCO[P@@](=O)(O[C@H]4C[C@H](n5cc(C)c(=O)[nH]c5=O)O[C@@H]4CO)O3)O2)c(=O)[nH]c1=O. The van der Waals surface area contributed by atoms with Crippen LogP contribution in [0.2, 0.25) is 0 Å². The summed E-state index contributed by atoms with van der Waals surface area (Å²) in [5.41, 5.74) is -1.94. The smallest absolute Gasteiger partial charge is 0.394 e. The Kier molecular flexibility index (Phi) is 7.65. The average molecular weight is 572 g/mol. The number of aromatic amines is 2. The zero-order valence-corrected chi connectivity index (χ0v) is 21.9. The van der Waals surface area contributed by atoms with Crippen molar-refractivity contribution in [3.05, 3.63) is 65.2 Å². The predicted octanol–water partition coefficient (Wildman–Crippen LogP) is -1.07. The molecule has 5 heterocycles. The van der Waals surface area contributed by atoms with E-state index in [9.17, 15) is 34.0 Å². The van der Waals surface area contributed by atoms with Gasteiger partial charge in [-0.1, -0.05) is 0 Å². The number of aryl methyl sites for hydroxylation is 2. The van der Waals surface area contributed by atoms with Crippen LogP contribution in [-0.2, 0) is 27.6 Å². The molecule has 3 fully saturated rings. The van der Waals surface area contributed by atoms with Gasteiger partial charge in [0.1, 0.15) is 36.9 Å². The first kappa shape index (κ1) is 27.9. The number of aliphatic hydroxyl groups is 2. The fourth-order valence-corrected chi connectivity index (χ4v) is 6.51. The Hall–Kier alpha value is -2.69. The van der Waals surface area contributed by atoms with Crippen LogP contribution in [0.25, 0.3) is 0 Å². The minimum absolute atomic E-state index is 0.0139. The molecule has 3 aliphatic rings. The van der Waals surface area contributed by atoms with Gasteiger partial charge in [-0.15, -0.1) is 0 Å². The Bertz CT molecular complexity index is 1510. The van der Waals surface area contributed by atoms with Gasteiger partial charge in [-0.05, 0) is 13.8 Å². The topological polar surface area (TPSA) is 213 Å². The molecule has 39 heavy (non-hydrogen) atoms. The van der Waals surface area contributed by atoms with E-state index in [1.807, 2.05) is 0 Å². The van der Waals surface area contributed by atoms with Gasteiger partial charge in [0.2, 0.25) is 0 Å². The number of nitrogens with zero attached hydrogens (tertiary/aromatic N) is 2. The maximum absolute atomic E-state index is 13.5. The number of phosphoric acid groups is 1. The minimum atomic E-state index is -4.25. The largest absolute Gasteiger partial charge is 0.475 e. The Morgan fingerprint density at radius 3 is 2.18 bits per heavy atom. The van der Waals surface area contributed by atoms with Crippen molar-refractivity contribution in [2.24, 2.45) is 0 Å². The molecule has 0 aromatic carbocycles. The number of H-pyrrole nitrogens is 2. The molecule has 0 aliphatic carbocycles. The molecule has 0 radical (unpaired) electrons. The van der Waals surface area contributed by atoms with Crippen molar-refractivity contribution >= 4 is 7.82 Å². The van der Waals surface area contributed by atoms with Crippen LogP contribution < -0.4 is 22.5 Å². The fraction of sp³-hybridized carbons (Fsp3) is 0.636. The Morgan fingerprint density at radius 2 is 1.59 bits per heavy atom. The van der Waals surface area contributed by atoms with Gasteiger partial charge >= 0.3 is 19.2 Å².